The molecule has 1 saturated carbocycles. The topological polar surface area (TPSA) is 147 Å². The lowest BCUT2D eigenvalue weighted by atomic mass is 10.1. The summed E-state index contributed by atoms with van der Waals surface area (Å²) in [6, 6.07) is 11.8. The minimum atomic E-state index is -0.774. The first-order valence-corrected chi connectivity index (χ1v) is 13.2. The molecule has 0 aliphatic heterocycles. The van der Waals surface area contributed by atoms with E-state index in [0.717, 1.165) is 30.0 Å². The molecule has 1 unspecified atom stereocenters. The molecule has 1 amide bonds. The fraction of sp³-hybridized carbons (Fsp3) is 0.207. The number of aromatic nitrogens is 5. The van der Waals surface area contributed by atoms with E-state index in [1.54, 1.807) is 6.07 Å². The maximum absolute atomic E-state index is 15.2. The highest BCUT2D eigenvalue weighted by molar-refractivity contribution is 6.04. The van der Waals surface area contributed by atoms with Crippen LogP contribution in [0.2, 0.25) is 0 Å². The van der Waals surface area contributed by atoms with Gasteiger partial charge in [-0.05, 0) is 55.3 Å². The van der Waals surface area contributed by atoms with E-state index in [-0.39, 0.29) is 41.3 Å². The predicted molar refractivity (Wildman–Crippen MR) is 150 cm³/mol. The Balaban J connectivity index is 1.21. The van der Waals surface area contributed by atoms with E-state index < -0.39 is 23.1 Å². The van der Waals surface area contributed by atoms with E-state index in [1.807, 2.05) is 0 Å². The maximum atomic E-state index is 15.2. The van der Waals surface area contributed by atoms with E-state index in [2.05, 4.69) is 30.9 Å². The Hall–Kier alpha value is -5.17. The lowest BCUT2D eigenvalue weighted by molar-refractivity contribution is 0.102. The summed E-state index contributed by atoms with van der Waals surface area (Å²) >= 11 is 0. The van der Waals surface area contributed by atoms with E-state index in [9.17, 15) is 19.1 Å². The number of benzene rings is 2. The summed E-state index contributed by atoms with van der Waals surface area (Å²) in [5.41, 5.74) is -0.143. The minimum Gasteiger partial charge on any atom is -0.453 e. The monoisotopic (exact) mass is 573 g/mol. The van der Waals surface area contributed by atoms with Crippen molar-refractivity contribution in [2.75, 3.05) is 17.2 Å². The second-order valence-corrected chi connectivity index (χ2v) is 9.87. The number of nitrogens with zero attached hydrogens (tertiary/aromatic N) is 4. The number of aliphatic hydroxyl groups excluding tert-OH is 1. The van der Waals surface area contributed by atoms with Crippen LogP contribution in [0.5, 0.6) is 11.5 Å². The lowest BCUT2D eigenvalue weighted by Crippen LogP contribution is -2.29. The van der Waals surface area contributed by atoms with Gasteiger partial charge < -0.3 is 20.5 Å². The molecule has 6 rings (SSSR count). The third kappa shape index (κ3) is 5.29. The molecule has 2 atom stereocenters. The number of carbonyl (C=O) groups is 1. The Kier molecular flexibility index (Phi) is 7.32. The maximum Gasteiger partial charge on any atom is 0.284 e. The SMILES string of the molecule is O=C(Nc1ccc(Oc2ccnc3[nH]nc(NC4CCC[C@H]4CO)c23)c(F)c1)c1ccnn(-c2ccc(F)cc2)c1=O. The van der Waals surface area contributed by atoms with Crippen LogP contribution >= 0.6 is 0 Å². The highest BCUT2D eigenvalue weighted by Gasteiger charge is 2.28. The van der Waals surface area contributed by atoms with Gasteiger partial charge in [0.05, 0.1) is 5.69 Å². The number of nitrogens with one attached hydrogen (secondary N) is 3. The first-order chi connectivity index (χ1) is 20.4. The summed E-state index contributed by atoms with van der Waals surface area (Å²) in [5.74, 6) is -1.21. The number of hydrogen-bond donors (Lipinski definition) is 4. The van der Waals surface area contributed by atoms with E-state index in [0.29, 0.717) is 22.6 Å². The lowest BCUT2D eigenvalue weighted by Gasteiger charge is -2.19. The molecule has 4 N–H and O–H groups in total. The number of pyridine rings is 1. The van der Waals surface area contributed by atoms with Crippen LogP contribution in [-0.4, -0.2) is 48.6 Å². The van der Waals surface area contributed by atoms with Crippen LogP contribution in [0.4, 0.5) is 20.3 Å². The van der Waals surface area contributed by atoms with Gasteiger partial charge in [0.25, 0.3) is 11.5 Å². The average molecular weight is 574 g/mol. The minimum absolute atomic E-state index is 0.0365. The van der Waals surface area contributed by atoms with Crippen molar-refractivity contribution in [3.63, 3.8) is 0 Å². The van der Waals surface area contributed by atoms with E-state index in [1.165, 1.54) is 54.9 Å². The Morgan fingerprint density at radius 2 is 1.90 bits per heavy atom. The molecule has 3 aromatic heterocycles. The molecule has 0 radical (unpaired) electrons. The normalized spacial score (nSPS) is 16.5. The van der Waals surface area contributed by atoms with Crippen LogP contribution in [-0.2, 0) is 0 Å². The second-order valence-electron chi connectivity index (χ2n) is 9.87. The van der Waals surface area contributed by atoms with Crippen LogP contribution < -0.4 is 20.9 Å². The summed E-state index contributed by atoms with van der Waals surface area (Å²) in [6.07, 6.45) is 5.57. The van der Waals surface area contributed by atoms with Crippen LogP contribution in [0.15, 0.2) is 71.8 Å². The number of H-pyrrole nitrogens is 1. The number of ether oxygens (including phenoxy) is 1. The number of fused-ring (bicyclic) bond motifs is 1. The first-order valence-electron chi connectivity index (χ1n) is 13.2. The van der Waals surface area contributed by atoms with Gasteiger partial charge in [-0.2, -0.15) is 14.9 Å². The van der Waals surface area contributed by atoms with Gasteiger partial charge >= 0.3 is 0 Å². The predicted octanol–water partition coefficient (Wildman–Crippen LogP) is 4.40. The Morgan fingerprint density at radius 3 is 2.69 bits per heavy atom. The molecule has 2 aromatic carbocycles. The van der Waals surface area contributed by atoms with Gasteiger partial charge in [-0.25, -0.2) is 13.8 Å². The molecule has 42 heavy (non-hydrogen) atoms. The first kappa shape index (κ1) is 27.0. The zero-order valence-electron chi connectivity index (χ0n) is 22.1. The molecule has 0 saturated heterocycles. The van der Waals surface area contributed by atoms with Gasteiger partial charge in [-0.15, -0.1) is 0 Å². The van der Waals surface area contributed by atoms with Crippen molar-refractivity contribution < 1.29 is 23.4 Å². The third-order valence-corrected chi connectivity index (χ3v) is 7.21. The number of amides is 1. The zero-order chi connectivity index (χ0) is 29.2. The summed E-state index contributed by atoms with van der Waals surface area (Å²) in [4.78, 5) is 30.1. The van der Waals surface area contributed by atoms with Crippen molar-refractivity contribution in [3.8, 4) is 17.2 Å². The second kappa shape index (κ2) is 11.4. The van der Waals surface area contributed by atoms with Crippen molar-refractivity contribution in [1.82, 2.24) is 25.0 Å². The molecule has 3 heterocycles. The molecule has 13 heteroatoms. The largest absolute Gasteiger partial charge is 0.453 e. The van der Waals surface area contributed by atoms with Gasteiger partial charge in [0.15, 0.2) is 23.0 Å². The molecule has 11 nitrogen and oxygen atoms in total. The number of anilines is 2. The number of aliphatic hydroxyl groups is 1. The molecule has 0 spiro atoms. The molecule has 1 aliphatic carbocycles. The van der Waals surface area contributed by atoms with Crippen molar-refractivity contribution in [2.45, 2.75) is 25.3 Å². The van der Waals surface area contributed by atoms with Crippen molar-refractivity contribution in [1.29, 1.82) is 0 Å². The van der Waals surface area contributed by atoms with Crippen LogP contribution in [0.1, 0.15) is 29.6 Å². The average Bonchev–Trinajstić information content (AvgIpc) is 3.62. The van der Waals surface area contributed by atoms with Gasteiger partial charge in [0.1, 0.15) is 22.5 Å². The van der Waals surface area contributed by atoms with Crippen molar-refractivity contribution in [2.24, 2.45) is 5.92 Å². The number of carbonyl (C=O) groups excluding carboxylic acids is 1. The highest BCUT2D eigenvalue weighted by atomic mass is 19.1. The van der Waals surface area contributed by atoms with Crippen LogP contribution in [0.25, 0.3) is 16.7 Å². The Morgan fingerprint density at radius 1 is 1.07 bits per heavy atom. The smallest absolute Gasteiger partial charge is 0.284 e. The van der Waals surface area contributed by atoms with E-state index >= 15 is 4.39 Å². The summed E-state index contributed by atoms with van der Waals surface area (Å²) in [6.45, 7) is 0.0707. The van der Waals surface area contributed by atoms with Crippen LogP contribution in [0.3, 0.4) is 0 Å². The number of rotatable bonds is 8. The standard InChI is InChI=1S/C29H25F2N7O4/c30-17-4-7-19(8-5-17)38-29(41)20(10-13-33-38)28(40)34-18-6-9-23(21(31)14-18)42-24-11-12-32-26-25(24)27(37-36-26)35-22-3-1-2-16(22)15-39/h4-14,16,22,39H,1-3,15H2,(H,34,40)(H2,32,35,36,37)/t16-,22?/m0/s1. The van der Waals surface area contributed by atoms with Crippen LogP contribution in [0, 0.1) is 17.6 Å². The van der Waals surface area contributed by atoms with Gasteiger partial charge in [0.2, 0.25) is 0 Å². The molecule has 1 aliphatic rings. The zero-order valence-corrected chi connectivity index (χ0v) is 22.1. The Labute approximate surface area is 237 Å². The fourth-order valence-electron chi connectivity index (χ4n) is 5.06. The van der Waals surface area contributed by atoms with Crippen molar-refractivity contribution in [3.05, 3.63) is 94.5 Å². The Bertz CT molecular complexity index is 1820. The number of halogens is 2. The molecule has 1 fully saturated rings. The molecular formula is C29H25F2N7O4. The van der Waals surface area contributed by atoms with Crippen molar-refractivity contribution >= 4 is 28.4 Å². The molecular weight excluding hydrogens is 548 g/mol. The summed E-state index contributed by atoms with van der Waals surface area (Å²) in [5, 5.41) is 27.2. The van der Waals surface area contributed by atoms with Gasteiger partial charge in [-0.3, -0.25) is 14.7 Å². The third-order valence-electron chi connectivity index (χ3n) is 7.21. The highest BCUT2D eigenvalue weighted by Crippen LogP contribution is 2.36. The van der Waals surface area contributed by atoms with Gasteiger partial charge in [0, 0.05) is 48.8 Å². The quantitative estimate of drug-likeness (QED) is 0.214. The number of hydrogen-bond acceptors (Lipinski definition) is 8. The molecule has 0 bridgehead atoms. The van der Waals surface area contributed by atoms with E-state index in [4.69, 9.17) is 4.74 Å². The molecule has 5 aromatic rings. The molecule has 214 valence electrons. The number of aromatic amines is 1. The summed E-state index contributed by atoms with van der Waals surface area (Å²) < 4.78 is 35.3. The summed E-state index contributed by atoms with van der Waals surface area (Å²) in [7, 11) is 0. The fourth-order valence-corrected chi connectivity index (χ4v) is 5.06. The van der Waals surface area contributed by atoms with Gasteiger partial charge in [-0.1, -0.05) is 6.42 Å².